The van der Waals surface area contributed by atoms with Gasteiger partial charge in [0.2, 0.25) is 23.6 Å². The van der Waals surface area contributed by atoms with E-state index in [9.17, 15) is 43.6 Å². The molecule has 0 bridgehead atoms. The Labute approximate surface area is 240 Å². The number of amides is 4. The van der Waals surface area contributed by atoms with Gasteiger partial charge in [-0.1, -0.05) is 21.6 Å². The van der Waals surface area contributed by atoms with Gasteiger partial charge >= 0.3 is 23.9 Å². The summed E-state index contributed by atoms with van der Waals surface area (Å²) >= 11 is 0. The van der Waals surface area contributed by atoms with E-state index in [0.29, 0.717) is 0 Å². The molecule has 0 aromatic rings. The van der Waals surface area contributed by atoms with Crippen LogP contribution in [-0.4, -0.2) is 122 Å². The Balaban J connectivity index is 5.35. The van der Waals surface area contributed by atoms with Crippen LogP contribution in [0.15, 0.2) is 0 Å². The first-order valence-electron chi connectivity index (χ1n) is 11.6. The van der Waals surface area contributed by atoms with Gasteiger partial charge in [0.15, 0.2) is 0 Å². The Hall–Kier alpha value is -3.66. The number of nitrogens with zero attached hydrogens (tertiary/aromatic N) is 1. The van der Waals surface area contributed by atoms with E-state index in [2.05, 4.69) is 10.6 Å². The number of carbonyl (C=O) groups is 8. The molecule has 41 heavy (non-hydrogen) atoms. The molecule has 0 aromatic heterocycles. The molecule has 4 atom stereocenters. The summed E-state index contributed by atoms with van der Waals surface area (Å²) in [7, 11) is 1.59. The highest BCUT2D eigenvalue weighted by Gasteiger charge is 2.27. The zero-order valence-electron chi connectivity index (χ0n) is 21.3. The van der Waals surface area contributed by atoms with Gasteiger partial charge in [0.25, 0.3) is 0 Å². The van der Waals surface area contributed by atoms with Crippen LogP contribution >= 0.6 is 21.6 Å². The van der Waals surface area contributed by atoms with E-state index in [4.69, 9.17) is 31.9 Å². The van der Waals surface area contributed by atoms with Crippen molar-refractivity contribution in [1.29, 1.82) is 0 Å². The number of rotatable bonds is 21. The number of hydroxylamine groups is 2. The second kappa shape index (κ2) is 19.4. The van der Waals surface area contributed by atoms with Crippen LogP contribution in [0.1, 0.15) is 25.7 Å². The lowest BCUT2D eigenvalue weighted by atomic mass is 10.1. The van der Waals surface area contributed by atoms with Gasteiger partial charge < -0.3 is 58.1 Å². The molecule has 0 aromatic carbocycles. The van der Waals surface area contributed by atoms with E-state index in [0.717, 1.165) is 21.6 Å². The number of aliphatic carboxylic acids is 4. The van der Waals surface area contributed by atoms with Crippen molar-refractivity contribution in [2.45, 2.75) is 49.9 Å². The fraction of sp³-hybridized carbons (Fsp3) is 0.600. The third kappa shape index (κ3) is 16.3. The fourth-order valence-corrected chi connectivity index (χ4v) is 4.94. The molecule has 0 aliphatic rings. The van der Waals surface area contributed by atoms with Crippen molar-refractivity contribution in [3.8, 4) is 0 Å². The molecule has 232 valence electrons. The molecule has 4 amide bonds. The number of carboxylic acids is 4. The summed E-state index contributed by atoms with van der Waals surface area (Å²) in [6, 6.07) is -5.91. The number of hydrogen-bond donors (Lipinski definition) is 9. The summed E-state index contributed by atoms with van der Waals surface area (Å²) in [6.45, 7) is -1.65. The average molecular weight is 628 g/mol. The van der Waals surface area contributed by atoms with Gasteiger partial charge in [-0.05, 0) is 12.8 Å². The van der Waals surface area contributed by atoms with Crippen molar-refractivity contribution in [2.75, 3.05) is 24.6 Å². The quantitative estimate of drug-likeness (QED) is 0.0336. The Morgan fingerprint density at radius 1 is 0.732 bits per heavy atom. The van der Waals surface area contributed by atoms with Crippen LogP contribution in [0, 0.1) is 5.21 Å². The van der Waals surface area contributed by atoms with E-state index < -0.39 is 103 Å². The maximum atomic E-state index is 12.5. The second-order valence-corrected chi connectivity index (χ2v) is 10.7. The minimum Gasteiger partial charge on any atom is -0.756 e. The molecule has 0 fully saturated rings. The molecular weight excluding hydrogens is 596 g/mol. The normalized spacial score (nSPS) is 13.5. The van der Waals surface area contributed by atoms with E-state index in [1.165, 1.54) is 0 Å². The Morgan fingerprint density at radius 3 is 1.68 bits per heavy atom. The van der Waals surface area contributed by atoms with Crippen LogP contribution in [0.4, 0.5) is 0 Å². The van der Waals surface area contributed by atoms with Gasteiger partial charge in [-0.15, -0.1) is 0 Å². The summed E-state index contributed by atoms with van der Waals surface area (Å²) in [5.41, 5.74) is 10.6. The van der Waals surface area contributed by atoms with Crippen molar-refractivity contribution < 1.29 is 58.8 Å². The zero-order valence-corrected chi connectivity index (χ0v) is 23.0. The molecule has 0 rings (SSSR count). The SMILES string of the molecule is N[C@@H](CCC(=O)N[C@@H](CSSC[C@@H](C(=O)NCC(=O)O)N([O-])C(=O)CC[C@H](N)C(=O)O)C(=O)NCC(=O)O)C(=O)O. The molecule has 0 saturated carbocycles. The smallest absolute Gasteiger partial charge is 0.322 e. The molecule has 11 N–H and O–H groups in total. The lowest BCUT2D eigenvalue weighted by molar-refractivity contribution is -0.141. The Kier molecular flexibility index (Phi) is 17.7. The van der Waals surface area contributed by atoms with Gasteiger partial charge in [-0.2, -0.15) is 0 Å². The molecule has 0 aliphatic heterocycles. The fourth-order valence-electron chi connectivity index (χ4n) is 2.59. The third-order valence-electron chi connectivity index (χ3n) is 4.84. The van der Waals surface area contributed by atoms with Crippen molar-refractivity contribution in [3.63, 3.8) is 0 Å². The number of nitrogens with one attached hydrogen (secondary N) is 3. The molecule has 0 radical (unpaired) electrons. The predicted octanol–water partition coefficient (Wildman–Crippen LogP) is -3.67. The number of carbonyl (C=O) groups excluding carboxylic acids is 4. The first-order valence-corrected chi connectivity index (χ1v) is 14.0. The zero-order chi connectivity index (χ0) is 31.7. The lowest BCUT2D eigenvalue weighted by Crippen LogP contribution is -2.50. The third-order valence-corrected chi connectivity index (χ3v) is 7.25. The molecule has 19 nitrogen and oxygen atoms in total. The maximum Gasteiger partial charge on any atom is 0.322 e. The Bertz CT molecular complexity index is 985. The van der Waals surface area contributed by atoms with Crippen LogP contribution in [-0.2, 0) is 38.4 Å². The first kappa shape index (κ1) is 37.3. The van der Waals surface area contributed by atoms with E-state index in [1.54, 1.807) is 0 Å². The summed E-state index contributed by atoms with van der Waals surface area (Å²) in [4.78, 5) is 92.4. The first-order chi connectivity index (χ1) is 19.1. The highest BCUT2D eigenvalue weighted by atomic mass is 33.1. The van der Waals surface area contributed by atoms with Crippen molar-refractivity contribution in [3.05, 3.63) is 5.21 Å². The van der Waals surface area contributed by atoms with E-state index in [-0.39, 0.29) is 23.7 Å². The van der Waals surface area contributed by atoms with Crippen LogP contribution in [0.3, 0.4) is 0 Å². The highest BCUT2D eigenvalue weighted by molar-refractivity contribution is 8.76. The number of nitrogens with two attached hydrogens (primary N) is 2. The number of carboxylic acid groups (broad SMARTS) is 4. The highest BCUT2D eigenvalue weighted by Crippen LogP contribution is 2.25. The van der Waals surface area contributed by atoms with Gasteiger partial charge in [-0.3, -0.25) is 38.4 Å². The molecule has 21 heteroatoms. The molecule has 0 unspecified atom stereocenters. The largest absolute Gasteiger partial charge is 0.756 e. The lowest BCUT2D eigenvalue weighted by Gasteiger charge is -2.36. The summed E-state index contributed by atoms with van der Waals surface area (Å²) in [5.74, 6) is -10.3. The van der Waals surface area contributed by atoms with Gasteiger partial charge in [0, 0.05) is 24.3 Å². The molecule has 0 saturated heterocycles. The van der Waals surface area contributed by atoms with Gasteiger partial charge in [-0.25, -0.2) is 0 Å². The van der Waals surface area contributed by atoms with Gasteiger partial charge in [0.05, 0.1) is 0 Å². The van der Waals surface area contributed by atoms with Crippen molar-refractivity contribution in [1.82, 2.24) is 21.0 Å². The van der Waals surface area contributed by atoms with Crippen molar-refractivity contribution in [2.24, 2.45) is 11.5 Å². The minimum atomic E-state index is -1.77. The Morgan fingerprint density at radius 2 is 1.20 bits per heavy atom. The standard InChI is InChI=1S/C20H31N6O13S2/c21-9(19(35)36)1-3-13(27)25-11(17(33)23-5-15(29)30)7-40-41-8-12(18(34)24-6-16(31)32)26(39)14(28)4-2-10(22)20(37)38/h9-12H,1-8,21-22H2,(H,23,33)(H,24,34)(H,25,27)(H,29,30)(H,31,32)(H,35,36)(H,37,38)/q-1/t9-,10-,11-,12-/m0/s1. The van der Waals surface area contributed by atoms with Crippen LogP contribution in [0.2, 0.25) is 0 Å². The van der Waals surface area contributed by atoms with Crippen LogP contribution < -0.4 is 27.4 Å². The maximum absolute atomic E-state index is 12.5. The van der Waals surface area contributed by atoms with Gasteiger partial charge in [0.1, 0.15) is 37.3 Å². The van der Waals surface area contributed by atoms with Crippen LogP contribution in [0.25, 0.3) is 0 Å². The summed E-state index contributed by atoms with van der Waals surface area (Å²) in [5, 5.41) is 53.7. The van der Waals surface area contributed by atoms with E-state index in [1.807, 2.05) is 5.32 Å². The van der Waals surface area contributed by atoms with Crippen molar-refractivity contribution >= 4 is 69.1 Å². The molecule has 0 aliphatic carbocycles. The minimum absolute atomic E-state index is 0.246. The second-order valence-electron chi connectivity index (χ2n) is 8.11. The summed E-state index contributed by atoms with van der Waals surface area (Å²) in [6.07, 6.45) is -1.67. The van der Waals surface area contributed by atoms with Crippen LogP contribution in [0.5, 0.6) is 0 Å². The average Bonchev–Trinajstić information content (AvgIpc) is 2.90. The van der Waals surface area contributed by atoms with E-state index >= 15 is 0 Å². The predicted molar refractivity (Wildman–Crippen MR) is 142 cm³/mol. The number of hydrogen-bond acceptors (Lipinski definition) is 13. The molecule has 0 spiro atoms. The monoisotopic (exact) mass is 627 g/mol. The summed E-state index contributed by atoms with van der Waals surface area (Å²) < 4.78 is 0. The topological polar surface area (TPSA) is 332 Å². The molecule has 0 heterocycles. The molecular formula is C20H31N6O13S2-.